The summed E-state index contributed by atoms with van der Waals surface area (Å²) in [5, 5.41) is 7.25. The first-order chi connectivity index (χ1) is 9.17. The van der Waals surface area contributed by atoms with E-state index in [1.165, 1.54) is 6.07 Å². The first kappa shape index (κ1) is 15.9. The highest BCUT2D eigenvalue weighted by molar-refractivity contribution is 9.10. The van der Waals surface area contributed by atoms with E-state index >= 15 is 0 Å². The van der Waals surface area contributed by atoms with Crippen LogP contribution in [0.1, 0.15) is 46.1 Å². The molecular formula is C16H24BrFN2. The van der Waals surface area contributed by atoms with Crippen LogP contribution in [0.5, 0.6) is 0 Å². The highest BCUT2D eigenvalue weighted by Crippen LogP contribution is 2.29. The summed E-state index contributed by atoms with van der Waals surface area (Å²) in [5.74, 6) is -0.184. The summed E-state index contributed by atoms with van der Waals surface area (Å²) in [5.41, 5.74) is 1.22. The van der Waals surface area contributed by atoms with Crippen LogP contribution in [-0.4, -0.2) is 17.1 Å². The molecule has 0 aliphatic carbocycles. The number of hydrogen-bond donors (Lipinski definition) is 2. The number of rotatable bonds is 3. The maximum absolute atomic E-state index is 13.3. The molecule has 1 aromatic carbocycles. The fourth-order valence-corrected chi connectivity index (χ4v) is 3.79. The number of halogens is 2. The summed E-state index contributed by atoms with van der Waals surface area (Å²) in [6, 6.07) is 5.28. The molecule has 20 heavy (non-hydrogen) atoms. The Hall–Kier alpha value is -0.450. The molecule has 0 unspecified atom stereocenters. The van der Waals surface area contributed by atoms with Gasteiger partial charge in [-0.15, -0.1) is 0 Å². The van der Waals surface area contributed by atoms with Crippen molar-refractivity contribution in [1.29, 1.82) is 0 Å². The third kappa shape index (κ3) is 4.27. The maximum Gasteiger partial charge on any atom is 0.123 e. The molecule has 1 fully saturated rings. The molecule has 0 aromatic heterocycles. The van der Waals surface area contributed by atoms with E-state index in [9.17, 15) is 4.39 Å². The topological polar surface area (TPSA) is 24.1 Å². The van der Waals surface area contributed by atoms with Crippen LogP contribution in [0.3, 0.4) is 0 Å². The molecule has 2 N–H and O–H groups in total. The van der Waals surface area contributed by atoms with Gasteiger partial charge in [0, 0.05) is 28.1 Å². The van der Waals surface area contributed by atoms with Gasteiger partial charge < -0.3 is 10.6 Å². The second kappa shape index (κ2) is 5.74. The van der Waals surface area contributed by atoms with Crippen LogP contribution in [0.15, 0.2) is 22.7 Å². The largest absolute Gasteiger partial charge is 0.310 e. The van der Waals surface area contributed by atoms with Gasteiger partial charge in [-0.05, 0) is 64.3 Å². The minimum atomic E-state index is -0.184. The summed E-state index contributed by atoms with van der Waals surface area (Å²) in [7, 11) is 0. The van der Waals surface area contributed by atoms with Crippen molar-refractivity contribution < 1.29 is 4.39 Å². The van der Waals surface area contributed by atoms with Gasteiger partial charge in [0.25, 0.3) is 0 Å². The van der Waals surface area contributed by atoms with E-state index in [4.69, 9.17) is 0 Å². The van der Waals surface area contributed by atoms with Crippen molar-refractivity contribution >= 4 is 15.9 Å². The van der Waals surface area contributed by atoms with Gasteiger partial charge >= 0.3 is 0 Å². The van der Waals surface area contributed by atoms with Gasteiger partial charge in [-0.2, -0.15) is 0 Å². The van der Waals surface area contributed by atoms with Gasteiger partial charge in [0.1, 0.15) is 5.82 Å². The highest BCUT2D eigenvalue weighted by Gasteiger charge is 2.37. The number of nitrogens with one attached hydrogen (secondary N) is 2. The minimum absolute atomic E-state index is 0.124. The molecule has 0 amide bonds. The Balaban J connectivity index is 2.01. The molecule has 2 nitrogen and oxygen atoms in total. The smallest absolute Gasteiger partial charge is 0.123 e. The lowest BCUT2D eigenvalue weighted by atomic mass is 9.79. The second-order valence-electron chi connectivity index (χ2n) is 7.11. The summed E-state index contributed by atoms with van der Waals surface area (Å²) in [4.78, 5) is 0. The maximum atomic E-state index is 13.3. The second-order valence-corrected chi connectivity index (χ2v) is 7.97. The molecule has 0 atom stereocenters. The van der Waals surface area contributed by atoms with Crippen LogP contribution in [0, 0.1) is 5.82 Å². The van der Waals surface area contributed by atoms with E-state index in [0.717, 1.165) is 22.9 Å². The average molecular weight is 343 g/mol. The van der Waals surface area contributed by atoms with Crippen molar-refractivity contribution in [1.82, 2.24) is 10.6 Å². The zero-order chi connectivity index (χ0) is 15.0. The Morgan fingerprint density at radius 2 is 1.85 bits per heavy atom. The Kier molecular flexibility index (Phi) is 4.57. The van der Waals surface area contributed by atoms with Crippen molar-refractivity contribution in [3.63, 3.8) is 0 Å². The summed E-state index contributed by atoms with van der Waals surface area (Å²) in [6.45, 7) is 9.64. The van der Waals surface area contributed by atoms with E-state index in [1.54, 1.807) is 12.1 Å². The fraction of sp³-hybridized carbons (Fsp3) is 0.625. The third-order valence-corrected chi connectivity index (χ3v) is 4.55. The Labute approximate surface area is 129 Å². The SMILES string of the molecule is CC1(C)CC(NCc2cc(F)ccc2Br)CC(C)(C)N1. The molecule has 2 rings (SSSR count). The summed E-state index contributed by atoms with van der Waals surface area (Å²) >= 11 is 3.48. The molecule has 1 aromatic rings. The zero-order valence-electron chi connectivity index (χ0n) is 12.7. The predicted octanol–water partition coefficient (Wildman–Crippen LogP) is 3.99. The van der Waals surface area contributed by atoms with Crippen molar-refractivity contribution in [2.45, 2.75) is 64.2 Å². The van der Waals surface area contributed by atoms with E-state index < -0.39 is 0 Å². The quantitative estimate of drug-likeness (QED) is 0.867. The molecule has 112 valence electrons. The monoisotopic (exact) mass is 342 g/mol. The molecule has 0 spiro atoms. The molecular weight excluding hydrogens is 319 g/mol. The van der Waals surface area contributed by atoms with E-state index in [1.807, 2.05) is 0 Å². The molecule has 0 radical (unpaired) electrons. The highest BCUT2D eigenvalue weighted by atomic mass is 79.9. The van der Waals surface area contributed by atoms with Gasteiger partial charge in [-0.25, -0.2) is 4.39 Å². The lowest BCUT2D eigenvalue weighted by Gasteiger charge is -2.46. The van der Waals surface area contributed by atoms with Crippen LogP contribution in [-0.2, 0) is 6.54 Å². The van der Waals surface area contributed by atoms with Crippen LogP contribution >= 0.6 is 15.9 Å². The van der Waals surface area contributed by atoms with Gasteiger partial charge in [-0.1, -0.05) is 15.9 Å². The van der Waals surface area contributed by atoms with Gasteiger partial charge in [0.15, 0.2) is 0 Å². The fourth-order valence-electron chi connectivity index (χ4n) is 3.40. The zero-order valence-corrected chi connectivity index (χ0v) is 14.3. The van der Waals surface area contributed by atoms with Crippen LogP contribution in [0.2, 0.25) is 0 Å². The minimum Gasteiger partial charge on any atom is -0.310 e. The molecule has 1 aliphatic heterocycles. The Morgan fingerprint density at radius 1 is 1.25 bits per heavy atom. The molecule has 1 heterocycles. The normalized spacial score (nSPS) is 21.9. The predicted molar refractivity (Wildman–Crippen MR) is 85.3 cm³/mol. The summed E-state index contributed by atoms with van der Waals surface area (Å²) < 4.78 is 14.3. The van der Waals surface area contributed by atoms with Gasteiger partial charge in [-0.3, -0.25) is 0 Å². The standard InChI is InChI=1S/C16H24BrFN2/c1-15(2)8-13(9-16(3,4)20-15)19-10-11-7-12(18)5-6-14(11)17/h5-7,13,19-20H,8-10H2,1-4H3. The molecule has 0 saturated carbocycles. The van der Waals surface area contributed by atoms with Crippen LogP contribution < -0.4 is 10.6 Å². The van der Waals surface area contributed by atoms with Crippen molar-refractivity contribution in [3.8, 4) is 0 Å². The summed E-state index contributed by atoms with van der Waals surface area (Å²) in [6.07, 6.45) is 2.15. The Morgan fingerprint density at radius 3 is 2.45 bits per heavy atom. The van der Waals surface area contributed by atoms with E-state index in [-0.39, 0.29) is 16.9 Å². The number of hydrogen-bond acceptors (Lipinski definition) is 2. The first-order valence-electron chi connectivity index (χ1n) is 7.14. The molecule has 1 aliphatic rings. The van der Waals surface area contributed by atoms with Crippen LogP contribution in [0.25, 0.3) is 0 Å². The molecule has 1 saturated heterocycles. The number of benzene rings is 1. The molecule has 0 bridgehead atoms. The van der Waals surface area contributed by atoms with Crippen molar-refractivity contribution in [2.75, 3.05) is 0 Å². The lowest BCUT2D eigenvalue weighted by Crippen LogP contribution is -2.61. The van der Waals surface area contributed by atoms with Gasteiger partial charge in [0.2, 0.25) is 0 Å². The van der Waals surface area contributed by atoms with Crippen LogP contribution in [0.4, 0.5) is 4.39 Å². The van der Waals surface area contributed by atoms with E-state index in [0.29, 0.717) is 12.6 Å². The number of piperidine rings is 1. The van der Waals surface area contributed by atoms with Gasteiger partial charge in [0.05, 0.1) is 0 Å². The Bertz CT molecular complexity index is 469. The lowest BCUT2D eigenvalue weighted by molar-refractivity contribution is 0.145. The van der Waals surface area contributed by atoms with Crippen molar-refractivity contribution in [2.24, 2.45) is 0 Å². The molecule has 4 heteroatoms. The van der Waals surface area contributed by atoms with E-state index in [2.05, 4.69) is 54.3 Å². The van der Waals surface area contributed by atoms with Crippen molar-refractivity contribution in [3.05, 3.63) is 34.1 Å². The third-order valence-electron chi connectivity index (χ3n) is 3.78. The average Bonchev–Trinajstić information content (AvgIpc) is 2.26. The first-order valence-corrected chi connectivity index (χ1v) is 7.93.